The highest BCUT2D eigenvalue weighted by Gasteiger charge is 2.31. The van der Waals surface area contributed by atoms with Crippen LogP contribution < -0.4 is 5.32 Å². The van der Waals surface area contributed by atoms with Crippen LogP contribution in [0.2, 0.25) is 0 Å². The number of nitrogens with one attached hydrogen (secondary N) is 1. The first-order valence-electron chi connectivity index (χ1n) is 6.35. The zero-order chi connectivity index (χ0) is 12.1. The van der Waals surface area contributed by atoms with Gasteiger partial charge in [-0.3, -0.25) is 0 Å². The normalized spacial score (nSPS) is 29.2. The number of hydrogen-bond acceptors (Lipinski definition) is 4. The molecule has 2 N–H and O–H groups in total. The van der Waals surface area contributed by atoms with E-state index in [1.54, 1.807) is 12.4 Å². The van der Waals surface area contributed by atoms with E-state index in [-0.39, 0.29) is 0 Å². The quantitative estimate of drug-likeness (QED) is 0.830. The number of aromatic nitrogens is 2. The van der Waals surface area contributed by atoms with E-state index in [0.717, 1.165) is 31.4 Å². The molecule has 2 rings (SSSR count). The Hall–Kier alpha value is -1.00. The van der Waals surface area contributed by atoms with E-state index in [1.807, 2.05) is 0 Å². The van der Waals surface area contributed by atoms with Gasteiger partial charge in [-0.1, -0.05) is 19.8 Å². The molecule has 94 valence electrons. The fraction of sp³-hybridized carbons (Fsp3) is 0.692. The topological polar surface area (TPSA) is 58.0 Å². The third-order valence-electron chi connectivity index (χ3n) is 3.46. The van der Waals surface area contributed by atoms with Crippen LogP contribution in [-0.2, 0) is 6.54 Å². The van der Waals surface area contributed by atoms with Crippen LogP contribution in [0, 0.1) is 5.92 Å². The fourth-order valence-electron chi connectivity index (χ4n) is 2.65. The van der Waals surface area contributed by atoms with Crippen molar-refractivity contribution in [2.24, 2.45) is 5.92 Å². The second-order valence-electron chi connectivity index (χ2n) is 5.28. The average molecular weight is 235 g/mol. The summed E-state index contributed by atoms with van der Waals surface area (Å²) in [4.78, 5) is 7.93. The monoisotopic (exact) mass is 235 g/mol. The summed E-state index contributed by atoms with van der Waals surface area (Å²) in [6.07, 6.45) is 9.32. The predicted molar refractivity (Wildman–Crippen MR) is 66.3 cm³/mol. The molecule has 1 aromatic rings. The van der Waals surface area contributed by atoms with Crippen molar-refractivity contribution in [3.8, 4) is 0 Å². The van der Waals surface area contributed by atoms with E-state index in [1.165, 1.54) is 12.7 Å². The van der Waals surface area contributed by atoms with Gasteiger partial charge in [-0.2, -0.15) is 0 Å². The second kappa shape index (κ2) is 5.56. The molecule has 0 aromatic carbocycles. The molecule has 2 atom stereocenters. The van der Waals surface area contributed by atoms with Crippen molar-refractivity contribution in [1.29, 1.82) is 0 Å². The van der Waals surface area contributed by atoms with E-state index >= 15 is 0 Å². The number of rotatable bonds is 4. The molecule has 0 radical (unpaired) electrons. The van der Waals surface area contributed by atoms with E-state index in [0.29, 0.717) is 12.5 Å². The molecule has 0 aliphatic heterocycles. The first-order valence-corrected chi connectivity index (χ1v) is 6.35. The van der Waals surface area contributed by atoms with Gasteiger partial charge in [-0.15, -0.1) is 0 Å². The molecule has 0 bridgehead atoms. The van der Waals surface area contributed by atoms with Gasteiger partial charge in [0.15, 0.2) is 0 Å². The summed E-state index contributed by atoms with van der Waals surface area (Å²) >= 11 is 0. The predicted octanol–water partition coefficient (Wildman–Crippen LogP) is 1.51. The molecule has 1 heterocycles. The van der Waals surface area contributed by atoms with Crippen LogP contribution in [-0.4, -0.2) is 27.2 Å². The van der Waals surface area contributed by atoms with Gasteiger partial charge >= 0.3 is 0 Å². The summed E-state index contributed by atoms with van der Waals surface area (Å²) in [5, 5.41) is 13.7. The average Bonchev–Trinajstić information content (AvgIpc) is 2.30. The molecule has 0 saturated heterocycles. The minimum Gasteiger partial charge on any atom is -0.389 e. The lowest BCUT2D eigenvalue weighted by molar-refractivity contribution is -0.0119. The van der Waals surface area contributed by atoms with Crippen LogP contribution >= 0.6 is 0 Å². The van der Waals surface area contributed by atoms with Gasteiger partial charge in [0.1, 0.15) is 6.33 Å². The summed E-state index contributed by atoms with van der Waals surface area (Å²) in [7, 11) is 0. The molecule has 2 unspecified atom stereocenters. The fourth-order valence-corrected chi connectivity index (χ4v) is 2.65. The molecule has 1 saturated carbocycles. The van der Waals surface area contributed by atoms with Crippen molar-refractivity contribution in [2.45, 2.75) is 44.8 Å². The van der Waals surface area contributed by atoms with Gasteiger partial charge in [-0.25, -0.2) is 9.97 Å². The van der Waals surface area contributed by atoms with Crippen LogP contribution in [0.15, 0.2) is 18.7 Å². The molecular formula is C13H21N3O. The Balaban J connectivity index is 1.78. The van der Waals surface area contributed by atoms with Crippen LogP contribution in [0.1, 0.15) is 38.2 Å². The van der Waals surface area contributed by atoms with Crippen LogP contribution in [0.25, 0.3) is 0 Å². The largest absolute Gasteiger partial charge is 0.389 e. The molecule has 0 spiro atoms. The van der Waals surface area contributed by atoms with Gasteiger partial charge in [-0.05, 0) is 18.8 Å². The lowest BCUT2D eigenvalue weighted by Crippen LogP contribution is -2.43. The van der Waals surface area contributed by atoms with Gasteiger partial charge in [0.2, 0.25) is 0 Å². The lowest BCUT2D eigenvalue weighted by atomic mass is 9.79. The summed E-state index contributed by atoms with van der Waals surface area (Å²) in [5.41, 5.74) is 0.535. The maximum atomic E-state index is 10.4. The van der Waals surface area contributed by atoms with E-state index in [2.05, 4.69) is 22.2 Å². The molecule has 1 aromatic heterocycles. The summed E-state index contributed by atoms with van der Waals surface area (Å²) in [5.74, 6) is 0.635. The van der Waals surface area contributed by atoms with Gasteiger partial charge in [0, 0.05) is 31.0 Å². The Morgan fingerprint density at radius 3 is 2.94 bits per heavy atom. The molecule has 17 heavy (non-hydrogen) atoms. The van der Waals surface area contributed by atoms with E-state index < -0.39 is 5.60 Å². The summed E-state index contributed by atoms with van der Waals surface area (Å²) in [6, 6.07) is 0. The van der Waals surface area contributed by atoms with Crippen molar-refractivity contribution < 1.29 is 5.11 Å². The van der Waals surface area contributed by atoms with Gasteiger partial charge in [0.25, 0.3) is 0 Å². The molecule has 4 heteroatoms. The highest BCUT2D eigenvalue weighted by Crippen LogP contribution is 2.31. The van der Waals surface area contributed by atoms with Crippen molar-refractivity contribution in [3.05, 3.63) is 24.3 Å². The van der Waals surface area contributed by atoms with Crippen LogP contribution in [0.3, 0.4) is 0 Å². The van der Waals surface area contributed by atoms with Crippen LogP contribution in [0.5, 0.6) is 0 Å². The van der Waals surface area contributed by atoms with Gasteiger partial charge in [0.05, 0.1) is 5.60 Å². The maximum Gasteiger partial charge on any atom is 0.115 e. The Morgan fingerprint density at radius 2 is 2.24 bits per heavy atom. The highest BCUT2D eigenvalue weighted by atomic mass is 16.3. The van der Waals surface area contributed by atoms with Crippen molar-refractivity contribution in [3.63, 3.8) is 0 Å². The Bertz CT molecular complexity index is 344. The van der Waals surface area contributed by atoms with Crippen molar-refractivity contribution in [2.75, 3.05) is 6.54 Å². The lowest BCUT2D eigenvalue weighted by Gasteiger charge is -2.35. The Labute approximate surface area is 102 Å². The second-order valence-corrected chi connectivity index (χ2v) is 5.28. The zero-order valence-electron chi connectivity index (χ0n) is 10.4. The maximum absolute atomic E-state index is 10.4. The third-order valence-corrected chi connectivity index (χ3v) is 3.46. The summed E-state index contributed by atoms with van der Waals surface area (Å²) in [6.45, 7) is 3.60. The SMILES string of the molecule is CC1CCCC(O)(CNCc2cncnc2)C1. The minimum absolute atomic E-state index is 0.521. The third kappa shape index (κ3) is 3.75. The Morgan fingerprint density at radius 1 is 1.47 bits per heavy atom. The van der Waals surface area contributed by atoms with Crippen molar-refractivity contribution >= 4 is 0 Å². The number of nitrogens with zero attached hydrogens (tertiary/aromatic N) is 2. The molecule has 4 nitrogen and oxygen atoms in total. The zero-order valence-corrected chi connectivity index (χ0v) is 10.4. The number of aliphatic hydroxyl groups is 1. The summed E-state index contributed by atoms with van der Waals surface area (Å²) < 4.78 is 0. The molecule has 0 amide bonds. The molecule has 1 aliphatic carbocycles. The van der Waals surface area contributed by atoms with Crippen LogP contribution in [0.4, 0.5) is 0 Å². The Kier molecular flexibility index (Phi) is 4.07. The van der Waals surface area contributed by atoms with E-state index in [9.17, 15) is 5.11 Å². The first kappa shape index (κ1) is 12.5. The van der Waals surface area contributed by atoms with E-state index in [4.69, 9.17) is 0 Å². The smallest absolute Gasteiger partial charge is 0.115 e. The molecule has 1 fully saturated rings. The standard InChI is InChI=1S/C13H21N3O/c1-11-3-2-4-13(17,5-11)9-14-6-12-7-15-10-16-8-12/h7-8,10-11,14,17H,2-6,9H2,1H3. The first-order chi connectivity index (χ1) is 8.18. The minimum atomic E-state index is -0.521. The molecule has 1 aliphatic rings. The highest BCUT2D eigenvalue weighted by molar-refractivity contribution is 5.02. The van der Waals surface area contributed by atoms with Crippen molar-refractivity contribution in [1.82, 2.24) is 15.3 Å². The van der Waals surface area contributed by atoms with Gasteiger partial charge < -0.3 is 10.4 Å². The number of hydrogen-bond donors (Lipinski definition) is 2. The molecular weight excluding hydrogens is 214 g/mol.